The number of anilines is 1. The van der Waals surface area contributed by atoms with Gasteiger partial charge in [-0.1, -0.05) is 11.3 Å². The van der Waals surface area contributed by atoms with E-state index >= 15 is 0 Å². The first-order valence-corrected chi connectivity index (χ1v) is 4.55. The Kier molecular flexibility index (Phi) is 1.84. The molecular formula is C9H8FNOS. The number of rotatable bonds is 1. The SMILES string of the molecule is COc1cc2c(F)ccc(N)c2s1. The van der Waals surface area contributed by atoms with E-state index in [0.29, 0.717) is 16.1 Å². The van der Waals surface area contributed by atoms with Crippen molar-refractivity contribution in [2.24, 2.45) is 0 Å². The molecule has 0 spiro atoms. The Bertz CT molecular complexity index is 413. The number of hydrogen-bond donors (Lipinski definition) is 1. The highest BCUT2D eigenvalue weighted by atomic mass is 32.1. The van der Waals surface area contributed by atoms with E-state index < -0.39 is 0 Å². The van der Waals surface area contributed by atoms with E-state index in [1.54, 1.807) is 19.2 Å². The van der Waals surface area contributed by atoms with E-state index in [2.05, 4.69) is 0 Å². The second kappa shape index (κ2) is 2.88. The Balaban J connectivity index is 2.80. The number of fused-ring (bicyclic) bond motifs is 1. The van der Waals surface area contributed by atoms with E-state index in [-0.39, 0.29) is 5.82 Å². The number of benzene rings is 1. The minimum absolute atomic E-state index is 0.260. The molecule has 1 aromatic carbocycles. The Hall–Kier alpha value is -1.29. The van der Waals surface area contributed by atoms with Gasteiger partial charge in [-0.15, -0.1) is 0 Å². The van der Waals surface area contributed by atoms with Gasteiger partial charge in [0.15, 0.2) is 5.06 Å². The van der Waals surface area contributed by atoms with E-state index in [1.165, 1.54) is 17.4 Å². The minimum atomic E-state index is -0.260. The standard InChI is InChI=1S/C9H8FNOS/c1-12-8-4-5-6(10)2-3-7(11)9(5)13-8/h2-4H,11H2,1H3. The molecule has 0 fully saturated rings. The maximum atomic E-state index is 13.2. The maximum absolute atomic E-state index is 13.2. The number of halogens is 1. The molecule has 0 radical (unpaired) electrons. The van der Waals surface area contributed by atoms with Gasteiger partial charge >= 0.3 is 0 Å². The average molecular weight is 197 g/mol. The molecule has 0 saturated carbocycles. The van der Waals surface area contributed by atoms with Crippen LogP contribution >= 0.6 is 11.3 Å². The van der Waals surface area contributed by atoms with Crippen LogP contribution < -0.4 is 10.5 Å². The highest BCUT2D eigenvalue weighted by Crippen LogP contribution is 2.36. The maximum Gasteiger partial charge on any atom is 0.174 e. The summed E-state index contributed by atoms with van der Waals surface area (Å²) in [4.78, 5) is 0. The molecule has 1 heterocycles. The van der Waals surface area contributed by atoms with Gasteiger partial charge in [0.1, 0.15) is 5.82 Å². The molecule has 0 aliphatic rings. The number of methoxy groups -OCH3 is 1. The van der Waals surface area contributed by atoms with Crippen molar-refractivity contribution < 1.29 is 9.13 Å². The van der Waals surface area contributed by atoms with Crippen molar-refractivity contribution in [3.63, 3.8) is 0 Å². The van der Waals surface area contributed by atoms with Gasteiger partial charge in [0.2, 0.25) is 0 Å². The van der Waals surface area contributed by atoms with E-state index in [0.717, 1.165) is 4.70 Å². The zero-order valence-corrected chi connectivity index (χ0v) is 7.82. The van der Waals surface area contributed by atoms with Crippen LogP contribution in [0.15, 0.2) is 18.2 Å². The van der Waals surface area contributed by atoms with Crippen LogP contribution in [-0.2, 0) is 0 Å². The van der Waals surface area contributed by atoms with Gasteiger partial charge in [0.25, 0.3) is 0 Å². The number of hydrogen-bond acceptors (Lipinski definition) is 3. The van der Waals surface area contributed by atoms with Crippen molar-refractivity contribution in [1.29, 1.82) is 0 Å². The van der Waals surface area contributed by atoms with Crippen molar-refractivity contribution in [3.8, 4) is 5.06 Å². The number of nitrogens with two attached hydrogens (primary N) is 1. The Labute approximate surface area is 78.7 Å². The first-order valence-electron chi connectivity index (χ1n) is 3.74. The minimum Gasteiger partial charge on any atom is -0.487 e. The predicted octanol–water partition coefficient (Wildman–Crippen LogP) is 2.63. The third-order valence-electron chi connectivity index (χ3n) is 1.84. The van der Waals surface area contributed by atoms with Gasteiger partial charge < -0.3 is 10.5 Å². The molecule has 0 amide bonds. The fourth-order valence-electron chi connectivity index (χ4n) is 1.19. The van der Waals surface area contributed by atoms with Crippen molar-refractivity contribution >= 4 is 27.1 Å². The molecule has 68 valence electrons. The molecule has 13 heavy (non-hydrogen) atoms. The molecule has 0 saturated heterocycles. The van der Waals surface area contributed by atoms with Crippen LogP contribution in [0.5, 0.6) is 5.06 Å². The molecule has 2 aromatic rings. The zero-order chi connectivity index (χ0) is 9.42. The number of nitrogen functional groups attached to an aromatic ring is 1. The smallest absolute Gasteiger partial charge is 0.174 e. The lowest BCUT2D eigenvalue weighted by Crippen LogP contribution is -1.84. The summed E-state index contributed by atoms with van der Waals surface area (Å²) >= 11 is 1.35. The summed E-state index contributed by atoms with van der Waals surface area (Å²) in [6.07, 6.45) is 0. The van der Waals surface area contributed by atoms with Gasteiger partial charge in [-0.05, 0) is 12.1 Å². The lowest BCUT2D eigenvalue weighted by molar-refractivity contribution is 0.427. The van der Waals surface area contributed by atoms with Crippen molar-refractivity contribution in [1.82, 2.24) is 0 Å². The van der Waals surface area contributed by atoms with Crippen LogP contribution in [-0.4, -0.2) is 7.11 Å². The normalized spacial score (nSPS) is 10.6. The van der Waals surface area contributed by atoms with E-state index in [4.69, 9.17) is 10.5 Å². The molecule has 0 atom stereocenters. The number of thiophene rings is 1. The Morgan fingerprint density at radius 1 is 1.46 bits per heavy atom. The molecule has 1 aromatic heterocycles. The highest BCUT2D eigenvalue weighted by Gasteiger charge is 2.08. The summed E-state index contributed by atoms with van der Waals surface area (Å²) in [6.45, 7) is 0. The summed E-state index contributed by atoms with van der Waals surface area (Å²) < 4.78 is 19.0. The van der Waals surface area contributed by atoms with Gasteiger partial charge in [-0.25, -0.2) is 4.39 Å². The number of ether oxygens (including phenoxy) is 1. The van der Waals surface area contributed by atoms with Crippen molar-refractivity contribution in [3.05, 3.63) is 24.0 Å². The third-order valence-corrected chi connectivity index (χ3v) is 2.98. The molecule has 2 nitrogen and oxygen atoms in total. The zero-order valence-electron chi connectivity index (χ0n) is 7.00. The molecule has 2 N–H and O–H groups in total. The van der Waals surface area contributed by atoms with Gasteiger partial charge in [-0.3, -0.25) is 0 Å². The molecular weight excluding hydrogens is 189 g/mol. The molecule has 0 aliphatic heterocycles. The summed E-state index contributed by atoms with van der Waals surface area (Å²) in [5.41, 5.74) is 6.27. The van der Waals surface area contributed by atoms with Crippen LogP contribution in [0.4, 0.5) is 10.1 Å². The third kappa shape index (κ3) is 1.23. The molecule has 2 rings (SSSR count). The van der Waals surface area contributed by atoms with Crippen molar-refractivity contribution in [2.75, 3.05) is 12.8 Å². The lowest BCUT2D eigenvalue weighted by Gasteiger charge is -1.94. The quantitative estimate of drug-likeness (QED) is 0.713. The van der Waals surface area contributed by atoms with E-state index in [1.807, 2.05) is 0 Å². The van der Waals surface area contributed by atoms with Gasteiger partial charge in [-0.2, -0.15) is 0 Å². The van der Waals surface area contributed by atoms with Gasteiger partial charge in [0, 0.05) is 17.1 Å². The monoisotopic (exact) mass is 197 g/mol. The Morgan fingerprint density at radius 3 is 2.85 bits per heavy atom. The molecule has 0 bridgehead atoms. The first kappa shape index (κ1) is 8.31. The van der Waals surface area contributed by atoms with Crippen LogP contribution in [0.1, 0.15) is 0 Å². The van der Waals surface area contributed by atoms with Crippen LogP contribution in [0, 0.1) is 5.82 Å². The van der Waals surface area contributed by atoms with Crippen LogP contribution in [0.2, 0.25) is 0 Å². The summed E-state index contributed by atoms with van der Waals surface area (Å²) in [5.74, 6) is -0.260. The van der Waals surface area contributed by atoms with Gasteiger partial charge in [0.05, 0.1) is 11.8 Å². The second-order valence-corrected chi connectivity index (χ2v) is 3.66. The van der Waals surface area contributed by atoms with Crippen molar-refractivity contribution in [2.45, 2.75) is 0 Å². The Morgan fingerprint density at radius 2 is 2.23 bits per heavy atom. The average Bonchev–Trinajstić information content (AvgIpc) is 2.56. The first-order chi connectivity index (χ1) is 6.22. The molecule has 0 aliphatic carbocycles. The summed E-state index contributed by atoms with van der Waals surface area (Å²) in [5, 5.41) is 1.20. The topological polar surface area (TPSA) is 35.2 Å². The van der Waals surface area contributed by atoms with Crippen LogP contribution in [0.25, 0.3) is 10.1 Å². The lowest BCUT2D eigenvalue weighted by atomic mass is 10.2. The highest BCUT2D eigenvalue weighted by molar-refractivity contribution is 7.21. The summed E-state index contributed by atoms with van der Waals surface area (Å²) in [6, 6.07) is 4.59. The predicted molar refractivity (Wildman–Crippen MR) is 52.7 cm³/mol. The summed E-state index contributed by atoms with van der Waals surface area (Å²) in [7, 11) is 1.55. The fraction of sp³-hybridized carbons (Fsp3) is 0.111. The molecule has 4 heteroatoms. The fourth-order valence-corrected chi connectivity index (χ4v) is 2.10. The largest absolute Gasteiger partial charge is 0.487 e. The van der Waals surface area contributed by atoms with Crippen LogP contribution in [0.3, 0.4) is 0 Å². The second-order valence-electron chi connectivity index (χ2n) is 2.65. The molecule has 0 unspecified atom stereocenters. The van der Waals surface area contributed by atoms with E-state index in [9.17, 15) is 4.39 Å².